The van der Waals surface area contributed by atoms with Crippen molar-refractivity contribution in [2.75, 3.05) is 25.0 Å². The third-order valence-corrected chi connectivity index (χ3v) is 6.96. The molecule has 1 saturated carbocycles. The minimum absolute atomic E-state index is 0.0652. The summed E-state index contributed by atoms with van der Waals surface area (Å²) in [7, 11) is -3.77. The first-order valence-corrected chi connectivity index (χ1v) is 11.0. The second-order valence-electron chi connectivity index (χ2n) is 7.46. The summed E-state index contributed by atoms with van der Waals surface area (Å²) in [6.07, 6.45) is 5.96. The van der Waals surface area contributed by atoms with Gasteiger partial charge in [0.25, 0.3) is 0 Å². The van der Waals surface area contributed by atoms with Crippen molar-refractivity contribution in [3.8, 4) is 0 Å². The fourth-order valence-corrected chi connectivity index (χ4v) is 5.07. The number of benzene rings is 1. The van der Waals surface area contributed by atoms with Crippen molar-refractivity contribution in [1.29, 1.82) is 0 Å². The molecule has 8 heteroatoms. The number of likely N-dealkylation sites (tertiary alicyclic amines) is 1. The number of sulfonamides is 1. The first-order valence-electron chi connectivity index (χ1n) is 9.50. The molecule has 2 aliphatic rings. The van der Waals surface area contributed by atoms with E-state index < -0.39 is 10.0 Å². The van der Waals surface area contributed by atoms with Gasteiger partial charge in [0.15, 0.2) is 0 Å². The van der Waals surface area contributed by atoms with Gasteiger partial charge in [-0.25, -0.2) is 13.1 Å². The van der Waals surface area contributed by atoms with E-state index in [1.54, 1.807) is 4.90 Å². The molecular weight excluding hydrogens is 366 g/mol. The summed E-state index contributed by atoms with van der Waals surface area (Å²) in [6.45, 7) is 2.62. The van der Waals surface area contributed by atoms with Crippen LogP contribution < -0.4 is 10.0 Å². The summed E-state index contributed by atoms with van der Waals surface area (Å²) in [6, 6.07) is 5.86. The van der Waals surface area contributed by atoms with Gasteiger partial charge >= 0.3 is 0 Å². The van der Waals surface area contributed by atoms with E-state index in [-0.39, 0.29) is 23.3 Å². The minimum atomic E-state index is -3.77. The van der Waals surface area contributed by atoms with Gasteiger partial charge in [0.2, 0.25) is 21.8 Å². The Morgan fingerprint density at radius 2 is 1.74 bits per heavy atom. The predicted molar refractivity (Wildman–Crippen MR) is 103 cm³/mol. The first-order chi connectivity index (χ1) is 12.8. The van der Waals surface area contributed by atoms with Crippen LogP contribution in [0.15, 0.2) is 29.2 Å². The number of nitrogens with one attached hydrogen (secondary N) is 2. The molecule has 0 aromatic heterocycles. The van der Waals surface area contributed by atoms with Crippen molar-refractivity contribution in [2.24, 2.45) is 11.8 Å². The molecule has 0 radical (unpaired) electrons. The number of hydrogen-bond donors (Lipinski definition) is 2. The monoisotopic (exact) mass is 393 g/mol. The van der Waals surface area contributed by atoms with Gasteiger partial charge in [-0.1, -0.05) is 19.3 Å². The molecule has 1 heterocycles. The largest absolute Gasteiger partial charge is 0.341 e. The molecule has 1 aromatic carbocycles. The summed E-state index contributed by atoms with van der Waals surface area (Å²) in [5.41, 5.74) is 0.521. The van der Waals surface area contributed by atoms with E-state index in [1.165, 1.54) is 56.9 Å². The molecule has 0 spiro atoms. The van der Waals surface area contributed by atoms with Crippen molar-refractivity contribution in [1.82, 2.24) is 9.62 Å². The van der Waals surface area contributed by atoms with Crippen LogP contribution in [0.5, 0.6) is 0 Å². The molecule has 1 saturated heterocycles. The smallest absolute Gasteiger partial charge is 0.241 e. The summed E-state index contributed by atoms with van der Waals surface area (Å²) >= 11 is 0. The maximum atomic E-state index is 12.5. The second kappa shape index (κ2) is 8.39. The van der Waals surface area contributed by atoms with E-state index in [1.807, 2.05) is 0 Å². The Morgan fingerprint density at radius 1 is 1.07 bits per heavy atom. The number of nitrogens with zero attached hydrogens (tertiary/aromatic N) is 1. The van der Waals surface area contributed by atoms with Crippen molar-refractivity contribution in [2.45, 2.75) is 43.9 Å². The number of hydrogen-bond acceptors (Lipinski definition) is 4. The van der Waals surface area contributed by atoms with Crippen LogP contribution >= 0.6 is 0 Å². The molecule has 27 heavy (non-hydrogen) atoms. The molecule has 2 fully saturated rings. The van der Waals surface area contributed by atoms with E-state index in [4.69, 9.17) is 0 Å². The normalized spacial score (nSPS) is 22.8. The minimum Gasteiger partial charge on any atom is -0.341 e. The lowest BCUT2D eigenvalue weighted by Crippen LogP contribution is -2.48. The summed E-state index contributed by atoms with van der Waals surface area (Å²) in [5, 5.41) is 2.58. The third kappa shape index (κ3) is 5.07. The zero-order valence-electron chi connectivity index (χ0n) is 15.6. The molecule has 1 aliphatic heterocycles. The van der Waals surface area contributed by atoms with Crippen LogP contribution in [0.3, 0.4) is 0 Å². The fraction of sp³-hybridized carbons (Fsp3) is 0.579. The van der Waals surface area contributed by atoms with Crippen molar-refractivity contribution in [3.05, 3.63) is 24.3 Å². The highest BCUT2D eigenvalue weighted by molar-refractivity contribution is 7.89. The molecule has 1 aromatic rings. The number of carbonyl (C=O) groups is 2. The van der Waals surface area contributed by atoms with E-state index in [2.05, 4.69) is 10.0 Å². The van der Waals surface area contributed by atoms with Gasteiger partial charge in [-0.2, -0.15) is 0 Å². The Bertz CT molecular complexity index is 792. The molecule has 2 unspecified atom stereocenters. The van der Waals surface area contributed by atoms with Gasteiger partial charge in [0, 0.05) is 25.7 Å². The Hall–Kier alpha value is -1.93. The van der Waals surface area contributed by atoms with E-state index in [0.717, 1.165) is 18.9 Å². The van der Waals surface area contributed by atoms with E-state index >= 15 is 0 Å². The highest BCUT2D eigenvalue weighted by atomic mass is 32.2. The first kappa shape index (κ1) is 19.8. The SMILES string of the molecule is CC(=O)Nc1ccc(S(=O)(=O)NCC(=O)N2CCC3CCCCC3C2)cc1. The van der Waals surface area contributed by atoms with Crippen molar-refractivity contribution < 1.29 is 18.0 Å². The molecule has 1 aliphatic carbocycles. The van der Waals surface area contributed by atoms with Crippen LogP contribution in [0.2, 0.25) is 0 Å². The summed E-state index contributed by atoms with van der Waals surface area (Å²) < 4.78 is 27.2. The number of carbonyl (C=O) groups excluding carboxylic acids is 2. The standard InChI is InChI=1S/C19H27N3O4S/c1-14(23)21-17-6-8-18(9-7-17)27(25,26)20-12-19(24)22-11-10-15-4-2-3-5-16(15)13-22/h6-9,15-16,20H,2-5,10-13H2,1H3,(H,21,23). The predicted octanol–water partition coefficient (Wildman–Crippen LogP) is 1.96. The van der Waals surface area contributed by atoms with E-state index in [0.29, 0.717) is 18.2 Å². The molecule has 2 atom stereocenters. The molecule has 148 valence electrons. The maximum Gasteiger partial charge on any atom is 0.241 e. The number of anilines is 1. The van der Waals surface area contributed by atoms with Gasteiger partial charge in [0.1, 0.15) is 0 Å². The maximum absolute atomic E-state index is 12.5. The average Bonchev–Trinajstić information content (AvgIpc) is 2.66. The Labute approximate surface area is 160 Å². The van der Waals surface area contributed by atoms with Crippen LogP contribution in [0.1, 0.15) is 39.0 Å². The number of amides is 2. The molecule has 7 nitrogen and oxygen atoms in total. The van der Waals surface area contributed by atoms with Gasteiger partial charge in [-0.15, -0.1) is 0 Å². The zero-order valence-corrected chi connectivity index (χ0v) is 16.4. The number of fused-ring (bicyclic) bond motifs is 1. The zero-order chi connectivity index (χ0) is 19.4. The lowest BCUT2D eigenvalue weighted by Gasteiger charge is -2.41. The van der Waals surface area contributed by atoms with Crippen LogP contribution in [0.4, 0.5) is 5.69 Å². The highest BCUT2D eigenvalue weighted by Crippen LogP contribution is 2.35. The van der Waals surface area contributed by atoms with Gasteiger partial charge in [-0.3, -0.25) is 9.59 Å². The number of rotatable bonds is 5. The van der Waals surface area contributed by atoms with Crippen LogP contribution in [0, 0.1) is 11.8 Å². The molecule has 3 rings (SSSR count). The Balaban J connectivity index is 1.55. The summed E-state index contributed by atoms with van der Waals surface area (Å²) in [4.78, 5) is 25.4. The molecule has 2 amide bonds. The fourth-order valence-electron chi connectivity index (χ4n) is 4.10. The van der Waals surface area contributed by atoms with Gasteiger partial charge < -0.3 is 10.2 Å². The number of piperidine rings is 1. The van der Waals surface area contributed by atoms with Crippen molar-refractivity contribution in [3.63, 3.8) is 0 Å². The molecule has 2 N–H and O–H groups in total. The lowest BCUT2D eigenvalue weighted by molar-refractivity contribution is -0.133. The quantitative estimate of drug-likeness (QED) is 0.799. The topological polar surface area (TPSA) is 95.6 Å². The lowest BCUT2D eigenvalue weighted by atomic mass is 9.75. The Kier molecular flexibility index (Phi) is 6.16. The Morgan fingerprint density at radius 3 is 2.41 bits per heavy atom. The second-order valence-corrected chi connectivity index (χ2v) is 9.23. The highest BCUT2D eigenvalue weighted by Gasteiger charge is 2.33. The molecular formula is C19H27N3O4S. The average molecular weight is 394 g/mol. The van der Waals surface area contributed by atoms with Gasteiger partial charge in [0.05, 0.1) is 11.4 Å². The van der Waals surface area contributed by atoms with Crippen LogP contribution in [-0.4, -0.2) is 44.8 Å². The summed E-state index contributed by atoms with van der Waals surface area (Å²) in [5.74, 6) is 0.893. The van der Waals surface area contributed by atoms with E-state index in [9.17, 15) is 18.0 Å². The van der Waals surface area contributed by atoms with Crippen LogP contribution in [0.25, 0.3) is 0 Å². The molecule has 0 bridgehead atoms. The third-order valence-electron chi connectivity index (χ3n) is 5.54. The van der Waals surface area contributed by atoms with Crippen molar-refractivity contribution >= 4 is 27.5 Å². The van der Waals surface area contributed by atoms with Crippen LogP contribution in [-0.2, 0) is 19.6 Å². The van der Waals surface area contributed by atoms with Gasteiger partial charge in [-0.05, 0) is 48.9 Å².